The Kier molecular flexibility index (Phi) is 6.71. The second kappa shape index (κ2) is 8.59. The minimum absolute atomic E-state index is 0.231. The summed E-state index contributed by atoms with van der Waals surface area (Å²) in [6.07, 6.45) is 0. The fourth-order valence-electron chi connectivity index (χ4n) is 3.69. The number of hydrogen-bond donors (Lipinski definition) is 2. The van der Waals surface area contributed by atoms with E-state index in [1.165, 1.54) is 11.1 Å². The highest BCUT2D eigenvalue weighted by Gasteiger charge is 2.32. The lowest BCUT2D eigenvalue weighted by molar-refractivity contribution is 0.189. The molecule has 0 aliphatic carbocycles. The topological polar surface area (TPSA) is 43.7 Å². The van der Waals surface area contributed by atoms with E-state index in [1.54, 1.807) is 24.3 Å². The summed E-state index contributed by atoms with van der Waals surface area (Å²) in [6, 6.07) is 15.0. The zero-order valence-corrected chi connectivity index (χ0v) is 16.7. The number of aromatic hydroxyl groups is 2. The lowest BCUT2D eigenvalue weighted by Gasteiger charge is -2.38. The molecule has 0 saturated heterocycles. The van der Waals surface area contributed by atoms with Gasteiger partial charge in [0, 0.05) is 25.0 Å². The van der Waals surface area contributed by atoms with Crippen LogP contribution >= 0.6 is 0 Å². The van der Waals surface area contributed by atoms with Gasteiger partial charge in [0.05, 0.1) is 0 Å². The van der Waals surface area contributed by atoms with E-state index in [1.807, 2.05) is 24.3 Å². The number of nitrogens with zero attached hydrogens (tertiary/aromatic N) is 1. The molecule has 0 spiro atoms. The van der Waals surface area contributed by atoms with Gasteiger partial charge in [-0.15, -0.1) is 0 Å². The minimum atomic E-state index is -0.231. The van der Waals surface area contributed by atoms with E-state index in [0.717, 1.165) is 19.6 Å². The van der Waals surface area contributed by atoms with Crippen LogP contribution in [0, 0.1) is 11.8 Å². The molecule has 26 heavy (non-hydrogen) atoms. The molecule has 0 aromatic heterocycles. The molecule has 0 saturated carbocycles. The molecule has 0 aliphatic heterocycles. The summed E-state index contributed by atoms with van der Waals surface area (Å²) in [5.41, 5.74) is 2.10. The minimum Gasteiger partial charge on any atom is -0.508 e. The molecule has 0 amide bonds. The number of phenols is 2. The average molecular weight is 356 g/mol. The Bertz CT molecular complexity index is 619. The van der Waals surface area contributed by atoms with Gasteiger partial charge in [-0.2, -0.15) is 0 Å². The quantitative estimate of drug-likeness (QED) is 0.699. The van der Waals surface area contributed by atoms with Gasteiger partial charge >= 0.3 is 0 Å². The smallest absolute Gasteiger partial charge is 0.115 e. The highest BCUT2D eigenvalue weighted by atomic mass is 16.3. The molecule has 3 heteroatoms. The monoisotopic (exact) mass is 355 g/mol. The summed E-state index contributed by atoms with van der Waals surface area (Å²) < 4.78 is 0. The molecule has 2 aromatic rings. The van der Waals surface area contributed by atoms with Gasteiger partial charge in [0.2, 0.25) is 0 Å². The summed E-state index contributed by atoms with van der Waals surface area (Å²) in [7, 11) is 0. The number of phenolic OH excluding ortho intramolecular Hbond substituents is 2. The highest BCUT2D eigenvalue weighted by Crippen LogP contribution is 2.35. The zero-order valence-electron chi connectivity index (χ0n) is 16.7. The van der Waals surface area contributed by atoms with E-state index in [-0.39, 0.29) is 16.9 Å². The van der Waals surface area contributed by atoms with Gasteiger partial charge in [-0.25, -0.2) is 0 Å². The van der Waals surface area contributed by atoms with Crippen LogP contribution in [0.5, 0.6) is 11.5 Å². The average Bonchev–Trinajstić information content (AvgIpc) is 2.54. The van der Waals surface area contributed by atoms with E-state index in [4.69, 9.17) is 0 Å². The van der Waals surface area contributed by atoms with Crippen LogP contribution < -0.4 is 0 Å². The predicted octanol–water partition coefficient (Wildman–Crippen LogP) is 5.02. The van der Waals surface area contributed by atoms with Gasteiger partial charge in [-0.1, -0.05) is 58.9 Å². The second-order valence-electron chi connectivity index (χ2n) is 8.41. The van der Waals surface area contributed by atoms with Crippen molar-refractivity contribution < 1.29 is 10.2 Å². The van der Waals surface area contributed by atoms with Crippen LogP contribution in [-0.4, -0.2) is 34.7 Å². The van der Waals surface area contributed by atoms with Crippen molar-refractivity contribution in [1.82, 2.24) is 4.90 Å². The summed E-state index contributed by atoms with van der Waals surface area (Å²) in [6.45, 7) is 14.3. The number of hydrogen-bond acceptors (Lipinski definition) is 3. The van der Waals surface area contributed by atoms with Crippen LogP contribution in [0.25, 0.3) is 0 Å². The lowest BCUT2D eigenvalue weighted by atomic mass is 9.75. The predicted molar refractivity (Wildman–Crippen MR) is 109 cm³/mol. The molecule has 0 aliphatic rings. The number of benzene rings is 2. The van der Waals surface area contributed by atoms with Gasteiger partial charge in [0.15, 0.2) is 0 Å². The molecule has 2 N–H and O–H groups in total. The molecule has 0 atom stereocenters. The summed E-state index contributed by atoms with van der Waals surface area (Å²) in [5.74, 6) is 1.75. The van der Waals surface area contributed by atoms with Gasteiger partial charge in [0.1, 0.15) is 11.5 Å². The largest absolute Gasteiger partial charge is 0.508 e. The first-order valence-electron chi connectivity index (χ1n) is 9.52. The molecule has 0 radical (unpaired) electrons. The SMILES string of the molecule is CC(C)CN(CC(C)C)CC(C)(c1ccc(O)cc1)c1ccc(O)cc1. The molecule has 2 aromatic carbocycles. The second-order valence-corrected chi connectivity index (χ2v) is 8.41. The Morgan fingerprint density at radius 2 is 1.08 bits per heavy atom. The molecular weight excluding hydrogens is 322 g/mol. The molecular formula is C23H33NO2. The van der Waals surface area contributed by atoms with Crippen molar-refractivity contribution in [3.05, 3.63) is 59.7 Å². The van der Waals surface area contributed by atoms with E-state index in [9.17, 15) is 10.2 Å². The Morgan fingerprint density at radius 3 is 1.38 bits per heavy atom. The maximum atomic E-state index is 9.71. The van der Waals surface area contributed by atoms with E-state index >= 15 is 0 Å². The van der Waals surface area contributed by atoms with Crippen molar-refractivity contribution in [2.45, 2.75) is 40.0 Å². The third-order valence-corrected chi connectivity index (χ3v) is 4.80. The molecule has 2 rings (SSSR count). The molecule has 142 valence electrons. The van der Waals surface area contributed by atoms with Crippen molar-refractivity contribution in [2.24, 2.45) is 11.8 Å². The van der Waals surface area contributed by atoms with Gasteiger partial charge in [-0.3, -0.25) is 0 Å². The first kappa shape index (κ1) is 20.3. The molecule has 0 heterocycles. The van der Waals surface area contributed by atoms with Crippen LogP contribution in [0.1, 0.15) is 45.7 Å². The Labute approximate surface area is 158 Å². The van der Waals surface area contributed by atoms with Gasteiger partial charge in [-0.05, 0) is 47.2 Å². The lowest BCUT2D eigenvalue weighted by Crippen LogP contribution is -2.43. The fraction of sp³-hybridized carbons (Fsp3) is 0.478. The fourth-order valence-corrected chi connectivity index (χ4v) is 3.69. The van der Waals surface area contributed by atoms with Crippen molar-refractivity contribution in [3.8, 4) is 11.5 Å². The molecule has 0 bridgehead atoms. The van der Waals surface area contributed by atoms with Gasteiger partial charge < -0.3 is 15.1 Å². The first-order chi connectivity index (χ1) is 12.2. The van der Waals surface area contributed by atoms with Crippen molar-refractivity contribution in [2.75, 3.05) is 19.6 Å². The van der Waals surface area contributed by atoms with Crippen molar-refractivity contribution in [1.29, 1.82) is 0 Å². The van der Waals surface area contributed by atoms with Crippen LogP contribution in [0.15, 0.2) is 48.5 Å². The van der Waals surface area contributed by atoms with Crippen LogP contribution in [0.2, 0.25) is 0 Å². The van der Waals surface area contributed by atoms with Gasteiger partial charge in [0.25, 0.3) is 0 Å². The highest BCUT2D eigenvalue weighted by molar-refractivity contribution is 5.42. The van der Waals surface area contributed by atoms with E-state index < -0.39 is 0 Å². The standard InChI is InChI=1S/C23H33NO2/c1-17(2)14-24(15-18(3)4)16-23(5,19-6-10-21(25)11-7-19)20-8-12-22(26)13-9-20/h6-13,17-18,25-26H,14-16H2,1-5H3. The summed E-state index contributed by atoms with van der Waals surface area (Å²) >= 11 is 0. The molecule has 0 unspecified atom stereocenters. The third kappa shape index (κ3) is 5.25. The van der Waals surface area contributed by atoms with E-state index in [0.29, 0.717) is 11.8 Å². The maximum Gasteiger partial charge on any atom is 0.115 e. The van der Waals surface area contributed by atoms with Crippen molar-refractivity contribution in [3.63, 3.8) is 0 Å². The zero-order chi connectivity index (χ0) is 19.3. The normalized spacial score (nSPS) is 12.3. The van der Waals surface area contributed by atoms with Crippen molar-refractivity contribution >= 4 is 0 Å². The van der Waals surface area contributed by atoms with E-state index in [2.05, 4.69) is 39.5 Å². The summed E-state index contributed by atoms with van der Waals surface area (Å²) in [5, 5.41) is 19.4. The van der Waals surface area contributed by atoms with Crippen LogP contribution in [0.4, 0.5) is 0 Å². The third-order valence-electron chi connectivity index (χ3n) is 4.80. The Morgan fingerprint density at radius 1 is 0.731 bits per heavy atom. The van der Waals surface area contributed by atoms with Crippen LogP contribution in [0.3, 0.4) is 0 Å². The molecule has 0 fully saturated rings. The van der Waals surface area contributed by atoms with Crippen LogP contribution in [-0.2, 0) is 5.41 Å². The molecule has 3 nitrogen and oxygen atoms in total. The Hall–Kier alpha value is -2.00. The Balaban J connectivity index is 2.44. The number of rotatable bonds is 8. The first-order valence-corrected chi connectivity index (χ1v) is 9.52. The summed E-state index contributed by atoms with van der Waals surface area (Å²) in [4.78, 5) is 2.54. The maximum absolute atomic E-state index is 9.71.